The van der Waals surface area contributed by atoms with Gasteiger partial charge < -0.3 is 15.1 Å². The van der Waals surface area contributed by atoms with Crippen LogP contribution in [0.4, 0.5) is 4.79 Å². The first-order valence-corrected chi connectivity index (χ1v) is 5.25. The van der Waals surface area contributed by atoms with Crippen molar-refractivity contribution in [3.05, 3.63) is 0 Å². The van der Waals surface area contributed by atoms with Gasteiger partial charge >= 0.3 is 6.03 Å². The van der Waals surface area contributed by atoms with Crippen LogP contribution in [0.5, 0.6) is 0 Å². The molecule has 0 aromatic rings. The quantitative estimate of drug-likeness (QED) is 0.607. The predicted octanol–water partition coefficient (Wildman–Crippen LogP) is -0.120. The second kappa shape index (κ2) is 3.40. The molecule has 0 aliphatic carbocycles. The van der Waals surface area contributed by atoms with Crippen LogP contribution in [0.25, 0.3) is 0 Å². The highest BCUT2D eigenvalue weighted by Crippen LogP contribution is 2.36. The van der Waals surface area contributed by atoms with Crippen LogP contribution in [-0.4, -0.2) is 55.5 Å². The zero-order valence-corrected chi connectivity index (χ0v) is 9.25. The summed E-state index contributed by atoms with van der Waals surface area (Å²) in [6.45, 7) is 2.21. The molecule has 84 valence electrons. The Morgan fingerprint density at radius 3 is 2.80 bits per heavy atom. The molecule has 15 heavy (non-hydrogen) atoms. The summed E-state index contributed by atoms with van der Waals surface area (Å²) in [6, 6.07) is 0.0474. The zero-order chi connectivity index (χ0) is 11.1. The third kappa shape index (κ3) is 1.78. The second-order valence-corrected chi connectivity index (χ2v) is 4.80. The van der Waals surface area contributed by atoms with Gasteiger partial charge in [0.05, 0.1) is 0 Å². The number of urea groups is 1. The highest BCUT2D eigenvalue weighted by Gasteiger charge is 2.45. The van der Waals surface area contributed by atoms with Crippen molar-refractivity contribution in [1.29, 1.82) is 0 Å². The summed E-state index contributed by atoms with van der Waals surface area (Å²) in [7, 11) is 3.51. The average molecular weight is 211 g/mol. The first kappa shape index (κ1) is 10.3. The molecule has 5 nitrogen and oxygen atoms in total. The second-order valence-electron chi connectivity index (χ2n) is 4.80. The number of hydrogen-bond acceptors (Lipinski definition) is 2. The minimum atomic E-state index is 0.0166. The maximum absolute atomic E-state index is 11.7. The Balaban J connectivity index is 2.00. The van der Waals surface area contributed by atoms with Gasteiger partial charge in [-0.05, 0) is 6.42 Å². The van der Waals surface area contributed by atoms with E-state index in [0.29, 0.717) is 13.0 Å². The predicted molar refractivity (Wildman–Crippen MR) is 55.3 cm³/mol. The van der Waals surface area contributed by atoms with Gasteiger partial charge in [0.2, 0.25) is 5.91 Å². The highest BCUT2D eigenvalue weighted by molar-refractivity contribution is 5.80. The molecule has 5 heteroatoms. The van der Waals surface area contributed by atoms with Crippen LogP contribution in [0.3, 0.4) is 0 Å². The molecule has 2 heterocycles. The Morgan fingerprint density at radius 2 is 2.27 bits per heavy atom. The van der Waals surface area contributed by atoms with E-state index in [1.54, 1.807) is 19.0 Å². The van der Waals surface area contributed by atoms with Gasteiger partial charge in [-0.1, -0.05) is 0 Å². The molecule has 0 aromatic heterocycles. The van der Waals surface area contributed by atoms with Crippen LogP contribution in [0, 0.1) is 5.41 Å². The van der Waals surface area contributed by atoms with Crippen molar-refractivity contribution in [2.24, 2.45) is 5.41 Å². The molecule has 2 fully saturated rings. The lowest BCUT2D eigenvalue weighted by Gasteiger charge is -2.24. The van der Waals surface area contributed by atoms with E-state index in [1.807, 2.05) is 4.90 Å². The minimum Gasteiger partial charge on any atom is -0.355 e. The van der Waals surface area contributed by atoms with Crippen molar-refractivity contribution < 1.29 is 9.59 Å². The van der Waals surface area contributed by atoms with Gasteiger partial charge in [0.1, 0.15) is 0 Å². The summed E-state index contributed by atoms with van der Waals surface area (Å²) in [5.74, 6) is 0.120. The molecule has 0 aromatic carbocycles. The van der Waals surface area contributed by atoms with E-state index in [-0.39, 0.29) is 17.4 Å². The van der Waals surface area contributed by atoms with E-state index in [2.05, 4.69) is 5.32 Å². The number of carbonyl (C=O) groups excluding carboxylic acids is 2. The molecule has 0 radical (unpaired) electrons. The van der Waals surface area contributed by atoms with Gasteiger partial charge in [-0.25, -0.2) is 4.79 Å². The van der Waals surface area contributed by atoms with Crippen LogP contribution in [-0.2, 0) is 4.79 Å². The summed E-state index contributed by atoms with van der Waals surface area (Å²) in [4.78, 5) is 26.3. The molecule has 1 unspecified atom stereocenters. The number of nitrogens with zero attached hydrogens (tertiary/aromatic N) is 2. The van der Waals surface area contributed by atoms with Gasteiger partial charge in [-0.3, -0.25) is 4.79 Å². The molecule has 2 saturated heterocycles. The monoisotopic (exact) mass is 211 g/mol. The van der Waals surface area contributed by atoms with Crippen molar-refractivity contribution in [3.8, 4) is 0 Å². The molecule has 0 bridgehead atoms. The fourth-order valence-electron chi connectivity index (χ4n) is 2.42. The van der Waals surface area contributed by atoms with Gasteiger partial charge in [0, 0.05) is 45.6 Å². The number of hydrogen-bond donors (Lipinski definition) is 1. The molecule has 1 spiro atoms. The summed E-state index contributed by atoms with van der Waals surface area (Å²) < 4.78 is 0. The van der Waals surface area contributed by atoms with Crippen molar-refractivity contribution in [2.75, 3.05) is 33.7 Å². The number of likely N-dealkylation sites (tertiary alicyclic amines) is 1. The summed E-state index contributed by atoms with van der Waals surface area (Å²) in [5, 5.41) is 2.85. The fraction of sp³-hybridized carbons (Fsp3) is 0.800. The number of amides is 3. The molecule has 2 aliphatic rings. The minimum absolute atomic E-state index is 0.0166. The molecular formula is C10H17N3O2. The first-order valence-electron chi connectivity index (χ1n) is 5.25. The number of rotatable bonds is 0. The molecular weight excluding hydrogens is 194 g/mol. The van der Waals surface area contributed by atoms with Gasteiger partial charge in [-0.2, -0.15) is 0 Å². The summed E-state index contributed by atoms with van der Waals surface area (Å²) >= 11 is 0. The molecule has 2 rings (SSSR count). The Labute approximate surface area is 89.4 Å². The van der Waals surface area contributed by atoms with E-state index in [1.165, 1.54) is 0 Å². The van der Waals surface area contributed by atoms with Gasteiger partial charge in [-0.15, -0.1) is 0 Å². The lowest BCUT2D eigenvalue weighted by Crippen LogP contribution is -2.39. The first-order chi connectivity index (χ1) is 7.02. The number of nitrogens with one attached hydrogen (secondary N) is 1. The van der Waals surface area contributed by atoms with E-state index >= 15 is 0 Å². The summed E-state index contributed by atoms with van der Waals surface area (Å²) in [6.07, 6.45) is 1.51. The van der Waals surface area contributed by atoms with Gasteiger partial charge in [0.15, 0.2) is 0 Å². The molecule has 2 aliphatic heterocycles. The van der Waals surface area contributed by atoms with E-state index in [9.17, 15) is 9.59 Å². The smallest absolute Gasteiger partial charge is 0.319 e. The zero-order valence-electron chi connectivity index (χ0n) is 9.25. The fourth-order valence-corrected chi connectivity index (χ4v) is 2.42. The Bertz CT molecular complexity index is 303. The average Bonchev–Trinajstić information content (AvgIpc) is 2.74. The normalized spacial score (nSPS) is 29.7. The van der Waals surface area contributed by atoms with Crippen LogP contribution < -0.4 is 5.32 Å². The Kier molecular flexibility index (Phi) is 2.32. The summed E-state index contributed by atoms with van der Waals surface area (Å²) in [5.41, 5.74) is 0.0166. The third-order valence-corrected chi connectivity index (χ3v) is 3.29. The van der Waals surface area contributed by atoms with Crippen molar-refractivity contribution in [2.45, 2.75) is 12.8 Å². The SMILES string of the molecule is CN(C)C(=O)N1CCC2(CNC(=O)C2)C1. The van der Waals surface area contributed by atoms with Crippen LogP contribution in [0.1, 0.15) is 12.8 Å². The van der Waals surface area contributed by atoms with E-state index in [4.69, 9.17) is 0 Å². The molecule has 1 atom stereocenters. The topological polar surface area (TPSA) is 52.7 Å². The largest absolute Gasteiger partial charge is 0.355 e. The molecule has 1 N–H and O–H groups in total. The lowest BCUT2D eigenvalue weighted by atomic mass is 9.86. The molecule has 0 saturated carbocycles. The maximum atomic E-state index is 11.7. The van der Waals surface area contributed by atoms with Crippen molar-refractivity contribution >= 4 is 11.9 Å². The van der Waals surface area contributed by atoms with Crippen molar-refractivity contribution in [1.82, 2.24) is 15.1 Å². The van der Waals surface area contributed by atoms with E-state index < -0.39 is 0 Å². The van der Waals surface area contributed by atoms with E-state index in [0.717, 1.165) is 19.5 Å². The van der Waals surface area contributed by atoms with Crippen LogP contribution >= 0.6 is 0 Å². The Morgan fingerprint density at radius 1 is 1.53 bits per heavy atom. The third-order valence-electron chi connectivity index (χ3n) is 3.29. The maximum Gasteiger partial charge on any atom is 0.319 e. The van der Waals surface area contributed by atoms with Gasteiger partial charge in [0.25, 0.3) is 0 Å². The lowest BCUT2D eigenvalue weighted by molar-refractivity contribution is -0.119. The Hall–Kier alpha value is -1.26. The van der Waals surface area contributed by atoms with Crippen LogP contribution in [0.2, 0.25) is 0 Å². The highest BCUT2D eigenvalue weighted by atomic mass is 16.2. The van der Waals surface area contributed by atoms with Crippen LogP contribution in [0.15, 0.2) is 0 Å². The number of carbonyl (C=O) groups is 2. The van der Waals surface area contributed by atoms with Crippen molar-refractivity contribution in [3.63, 3.8) is 0 Å². The standard InChI is InChI=1S/C10H17N3O2/c1-12(2)9(15)13-4-3-10(7-13)5-8(14)11-6-10/h3-7H2,1-2H3,(H,11,14). The molecule has 3 amide bonds.